The van der Waals surface area contributed by atoms with Crippen molar-refractivity contribution in [1.82, 2.24) is 24.9 Å². The molecule has 2 aliphatic heterocycles. The molecule has 2 atom stereocenters. The highest BCUT2D eigenvalue weighted by Crippen LogP contribution is 2.27. The number of guanidine groups is 1. The summed E-state index contributed by atoms with van der Waals surface area (Å²) in [7, 11) is 1.99. The average Bonchev–Trinajstić information content (AvgIpc) is 3.32. The van der Waals surface area contributed by atoms with Gasteiger partial charge in [0.05, 0.1) is 6.20 Å². The van der Waals surface area contributed by atoms with E-state index in [9.17, 15) is 0 Å². The van der Waals surface area contributed by atoms with Crippen LogP contribution in [0.1, 0.15) is 44.6 Å². The zero-order valence-corrected chi connectivity index (χ0v) is 16.1. The van der Waals surface area contributed by atoms with Gasteiger partial charge >= 0.3 is 0 Å². The van der Waals surface area contributed by atoms with Gasteiger partial charge in [-0.05, 0) is 50.8 Å². The highest BCUT2D eigenvalue weighted by atomic mass is 15.3. The molecule has 3 rings (SSSR count). The highest BCUT2D eigenvalue weighted by Gasteiger charge is 2.27. The first-order valence-electron chi connectivity index (χ1n) is 9.93. The second-order valence-electron chi connectivity index (χ2n) is 7.53. The molecule has 0 aliphatic carbocycles. The van der Waals surface area contributed by atoms with Crippen molar-refractivity contribution in [2.45, 2.75) is 39.0 Å². The summed E-state index contributed by atoms with van der Waals surface area (Å²) in [6.07, 6.45) is 7.89. The zero-order valence-electron chi connectivity index (χ0n) is 16.1. The third-order valence-corrected chi connectivity index (χ3v) is 5.43. The van der Waals surface area contributed by atoms with Crippen LogP contribution in [0.15, 0.2) is 17.4 Å². The Labute approximate surface area is 152 Å². The Kier molecular flexibility index (Phi) is 6.34. The van der Waals surface area contributed by atoms with E-state index in [1.165, 1.54) is 44.5 Å². The molecule has 2 aliphatic rings. The summed E-state index contributed by atoms with van der Waals surface area (Å²) in [6, 6.07) is 0. The number of aryl methyl sites for hydroxylation is 1. The maximum Gasteiger partial charge on any atom is 0.193 e. The SMILES string of the molecule is CCCN1CCC(CN=C(NCC)N2CCC(c3cnn(C)c3)C2)C1. The van der Waals surface area contributed by atoms with Gasteiger partial charge in [0.15, 0.2) is 5.96 Å². The van der Waals surface area contributed by atoms with Crippen molar-refractivity contribution in [3.05, 3.63) is 18.0 Å². The zero-order chi connectivity index (χ0) is 17.6. The first kappa shape index (κ1) is 18.2. The molecule has 1 aromatic rings. The molecular weight excluding hydrogens is 312 g/mol. The minimum absolute atomic E-state index is 0.573. The Morgan fingerprint density at radius 1 is 1.28 bits per heavy atom. The lowest BCUT2D eigenvalue weighted by molar-refractivity contribution is 0.326. The van der Waals surface area contributed by atoms with Gasteiger partial charge in [-0.25, -0.2) is 0 Å². The summed E-state index contributed by atoms with van der Waals surface area (Å²) < 4.78 is 1.90. The van der Waals surface area contributed by atoms with Crippen LogP contribution in [-0.4, -0.2) is 71.4 Å². The number of rotatable bonds is 6. The van der Waals surface area contributed by atoms with Crippen molar-refractivity contribution in [2.75, 3.05) is 45.8 Å². The smallest absolute Gasteiger partial charge is 0.193 e. The maximum atomic E-state index is 4.99. The lowest BCUT2D eigenvalue weighted by Crippen LogP contribution is -2.40. The molecule has 1 aromatic heterocycles. The van der Waals surface area contributed by atoms with Crippen molar-refractivity contribution in [3.8, 4) is 0 Å². The molecule has 0 saturated carbocycles. The van der Waals surface area contributed by atoms with E-state index in [0.29, 0.717) is 5.92 Å². The molecule has 2 saturated heterocycles. The fourth-order valence-corrected chi connectivity index (χ4v) is 4.10. The van der Waals surface area contributed by atoms with E-state index in [-0.39, 0.29) is 0 Å². The molecule has 0 spiro atoms. The van der Waals surface area contributed by atoms with Crippen LogP contribution in [0.25, 0.3) is 0 Å². The lowest BCUT2D eigenvalue weighted by Gasteiger charge is -2.22. The quantitative estimate of drug-likeness (QED) is 0.631. The van der Waals surface area contributed by atoms with Crippen LogP contribution in [0, 0.1) is 5.92 Å². The Morgan fingerprint density at radius 2 is 2.16 bits per heavy atom. The van der Waals surface area contributed by atoms with Crippen LogP contribution < -0.4 is 5.32 Å². The number of nitrogens with one attached hydrogen (secondary N) is 1. The minimum Gasteiger partial charge on any atom is -0.357 e. The van der Waals surface area contributed by atoms with Crippen molar-refractivity contribution >= 4 is 5.96 Å². The molecule has 140 valence electrons. The monoisotopic (exact) mass is 346 g/mol. The van der Waals surface area contributed by atoms with E-state index >= 15 is 0 Å². The first-order valence-corrected chi connectivity index (χ1v) is 9.93. The Hall–Kier alpha value is -1.56. The van der Waals surface area contributed by atoms with Gasteiger partial charge in [-0.1, -0.05) is 6.92 Å². The maximum absolute atomic E-state index is 4.99. The van der Waals surface area contributed by atoms with Crippen molar-refractivity contribution < 1.29 is 0 Å². The van der Waals surface area contributed by atoms with E-state index < -0.39 is 0 Å². The van der Waals surface area contributed by atoms with Crippen LogP contribution in [0.5, 0.6) is 0 Å². The van der Waals surface area contributed by atoms with Crippen LogP contribution in [-0.2, 0) is 7.05 Å². The molecular formula is C19H34N6. The summed E-state index contributed by atoms with van der Waals surface area (Å²) in [5.41, 5.74) is 1.35. The van der Waals surface area contributed by atoms with Gasteiger partial charge in [0.2, 0.25) is 0 Å². The van der Waals surface area contributed by atoms with Crippen molar-refractivity contribution in [1.29, 1.82) is 0 Å². The van der Waals surface area contributed by atoms with E-state index in [0.717, 1.165) is 38.1 Å². The van der Waals surface area contributed by atoms with Gasteiger partial charge in [-0.3, -0.25) is 9.67 Å². The Balaban J connectivity index is 1.56. The largest absolute Gasteiger partial charge is 0.357 e. The predicted octanol–water partition coefficient (Wildman–Crippen LogP) is 1.91. The standard InChI is InChI=1S/C19H34N6/c1-4-8-24-9-6-16(13-24)11-21-19(20-5-2)25-10-7-17(15-25)18-12-22-23(3)14-18/h12,14,16-17H,4-11,13,15H2,1-3H3,(H,20,21). The molecule has 0 bridgehead atoms. The molecule has 0 radical (unpaired) electrons. The van der Waals surface area contributed by atoms with Gasteiger partial charge in [0.1, 0.15) is 0 Å². The van der Waals surface area contributed by atoms with Gasteiger partial charge < -0.3 is 15.1 Å². The second kappa shape index (κ2) is 8.70. The number of hydrogen-bond donors (Lipinski definition) is 1. The first-order chi connectivity index (χ1) is 12.2. The number of hydrogen-bond acceptors (Lipinski definition) is 3. The number of aromatic nitrogens is 2. The molecule has 2 unspecified atom stereocenters. The van der Waals surface area contributed by atoms with Crippen LogP contribution in [0.2, 0.25) is 0 Å². The van der Waals surface area contributed by atoms with Crippen molar-refractivity contribution in [2.24, 2.45) is 18.0 Å². The summed E-state index contributed by atoms with van der Waals surface area (Å²) >= 11 is 0. The third-order valence-electron chi connectivity index (χ3n) is 5.43. The molecule has 1 N–H and O–H groups in total. The van der Waals surface area contributed by atoms with Gasteiger partial charge in [-0.15, -0.1) is 0 Å². The average molecular weight is 347 g/mol. The van der Waals surface area contributed by atoms with E-state index in [4.69, 9.17) is 4.99 Å². The Bertz CT molecular complexity index is 566. The van der Waals surface area contributed by atoms with Crippen LogP contribution in [0.3, 0.4) is 0 Å². The van der Waals surface area contributed by atoms with Gasteiger partial charge in [0.25, 0.3) is 0 Å². The third kappa shape index (κ3) is 4.75. The topological polar surface area (TPSA) is 48.7 Å². The lowest BCUT2D eigenvalue weighted by atomic mass is 10.0. The molecule has 0 amide bonds. The summed E-state index contributed by atoms with van der Waals surface area (Å²) in [4.78, 5) is 10.0. The number of likely N-dealkylation sites (tertiary alicyclic amines) is 2. The molecule has 2 fully saturated rings. The number of aliphatic imine (C=N–C) groups is 1. The molecule has 6 nitrogen and oxygen atoms in total. The van der Waals surface area contributed by atoms with E-state index in [1.54, 1.807) is 0 Å². The summed E-state index contributed by atoms with van der Waals surface area (Å²) in [5, 5.41) is 7.83. The molecule has 25 heavy (non-hydrogen) atoms. The van der Waals surface area contributed by atoms with Gasteiger partial charge in [0, 0.05) is 51.9 Å². The molecule has 0 aromatic carbocycles. The molecule has 3 heterocycles. The summed E-state index contributed by atoms with van der Waals surface area (Å²) in [6.45, 7) is 12.1. The summed E-state index contributed by atoms with van der Waals surface area (Å²) in [5.74, 6) is 2.39. The predicted molar refractivity (Wildman–Crippen MR) is 103 cm³/mol. The Morgan fingerprint density at radius 3 is 2.88 bits per heavy atom. The molecule has 6 heteroatoms. The van der Waals surface area contributed by atoms with E-state index in [2.05, 4.69) is 40.3 Å². The van der Waals surface area contributed by atoms with Crippen molar-refractivity contribution in [3.63, 3.8) is 0 Å². The van der Waals surface area contributed by atoms with Crippen LogP contribution >= 0.6 is 0 Å². The highest BCUT2D eigenvalue weighted by molar-refractivity contribution is 5.80. The van der Waals surface area contributed by atoms with Crippen LogP contribution in [0.4, 0.5) is 0 Å². The number of nitrogens with zero attached hydrogens (tertiary/aromatic N) is 5. The normalized spacial score (nSPS) is 25.1. The minimum atomic E-state index is 0.573. The fraction of sp³-hybridized carbons (Fsp3) is 0.789. The van der Waals surface area contributed by atoms with Gasteiger partial charge in [-0.2, -0.15) is 5.10 Å². The second-order valence-corrected chi connectivity index (χ2v) is 7.53. The van der Waals surface area contributed by atoms with E-state index in [1.807, 2.05) is 17.9 Å². The fourth-order valence-electron chi connectivity index (χ4n) is 4.10.